The van der Waals surface area contributed by atoms with Crippen molar-refractivity contribution in [3.05, 3.63) is 52.8 Å². The quantitative estimate of drug-likeness (QED) is 0.915. The number of nitrogens with one attached hydrogen (secondary N) is 1. The van der Waals surface area contributed by atoms with Gasteiger partial charge in [0.15, 0.2) is 0 Å². The van der Waals surface area contributed by atoms with E-state index in [-0.39, 0.29) is 5.91 Å². The Morgan fingerprint density at radius 3 is 2.71 bits per heavy atom. The normalized spacial score (nSPS) is 15.3. The second kappa shape index (κ2) is 7.59. The van der Waals surface area contributed by atoms with E-state index >= 15 is 0 Å². The van der Waals surface area contributed by atoms with Gasteiger partial charge in [0.25, 0.3) is 5.91 Å². The van der Waals surface area contributed by atoms with Gasteiger partial charge in [-0.15, -0.1) is 0 Å². The smallest absolute Gasteiger partial charge is 0.270 e. The molecular weight excluding hydrogens is 326 g/mol. The van der Waals surface area contributed by atoms with E-state index in [4.69, 9.17) is 11.6 Å². The van der Waals surface area contributed by atoms with Crippen LogP contribution in [0.4, 0.5) is 5.95 Å². The van der Waals surface area contributed by atoms with Crippen LogP contribution >= 0.6 is 11.6 Å². The zero-order valence-electron chi connectivity index (χ0n) is 13.6. The molecule has 1 aromatic heterocycles. The lowest BCUT2D eigenvalue weighted by molar-refractivity contribution is 0.0946. The van der Waals surface area contributed by atoms with Gasteiger partial charge in [-0.3, -0.25) is 4.79 Å². The Kier molecular flexibility index (Phi) is 5.27. The molecule has 126 valence electrons. The van der Waals surface area contributed by atoms with Gasteiger partial charge >= 0.3 is 0 Å². The number of amides is 1. The Bertz CT molecular complexity index is 716. The topological polar surface area (TPSA) is 61.4 Å². The van der Waals surface area contributed by atoms with Gasteiger partial charge in [0.05, 0.1) is 0 Å². The van der Waals surface area contributed by atoms with Crippen molar-refractivity contribution in [1.29, 1.82) is 0 Å². The number of carbonyl (C=O) groups excluding carboxylic acids is 1. The molecule has 0 bridgehead atoms. The molecule has 1 N–H and O–H groups in total. The largest absolute Gasteiger partial charge is 0.347 e. The summed E-state index contributed by atoms with van der Waals surface area (Å²) in [6, 6.07) is 9.07. The number of anilines is 1. The van der Waals surface area contributed by atoms with Crippen molar-refractivity contribution < 1.29 is 4.79 Å². The molecule has 1 amide bonds. The van der Waals surface area contributed by atoms with E-state index in [1.165, 1.54) is 0 Å². The molecule has 0 unspecified atom stereocenters. The molecule has 2 heterocycles. The minimum absolute atomic E-state index is 0.229. The fourth-order valence-corrected chi connectivity index (χ4v) is 2.74. The average molecular weight is 346 g/mol. The lowest BCUT2D eigenvalue weighted by atomic mass is 10.2. The van der Waals surface area contributed by atoms with Gasteiger partial charge in [-0.2, -0.15) is 0 Å². The molecule has 24 heavy (non-hydrogen) atoms. The summed E-state index contributed by atoms with van der Waals surface area (Å²) >= 11 is 6.10. The van der Waals surface area contributed by atoms with Gasteiger partial charge < -0.3 is 15.1 Å². The van der Waals surface area contributed by atoms with Gasteiger partial charge in [-0.1, -0.05) is 29.8 Å². The van der Waals surface area contributed by atoms with Crippen LogP contribution < -0.4 is 10.2 Å². The molecular formula is C17H20ClN5O. The number of carbonyl (C=O) groups is 1. The molecule has 0 atom stereocenters. The first-order valence-electron chi connectivity index (χ1n) is 7.91. The van der Waals surface area contributed by atoms with E-state index in [0.29, 0.717) is 23.2 Å². The third kappa shape index (κ3) is 4.01. The molecule has 7 heteroatoms. The van der Waals surface area contributed by atoms with E-state index in [1.807, 2.05) is 18.2 Å². The summed E-state index contributed by atoms with van der Waals surface area (Å²) in [7, 11) is 2.09. The first-order valence-corrected chi connectivity index (χ1v) is 8.29. The zero-order chi connectivity index (χ0) is 16.9. The number of aromatic nitrogens is 2. The molecule has 6 nitrogen and oxygen atoms in total. The van der Waals surface area contributed by atoms with Crippen LogP contribution in [-0.2, 0) is 6.54 Å². The van der Waals surface area contributed by atoms with Gasteiger partial charge in [-0.25, -0.2) is 9.97 Å². The van der Waals surface area contributed by atoms with E-state index in [0.717, 1.165) is 31.7 Å². The molecule has 1 aliphatic heterocycles. The SMILES string of the molecule is CN1CCN(c2nccc(C(=O)NCc3ccccc3Cl)n2)CC1. The fraction of sp³-hybridized carbons (Fsp3) is 0.353. The number of hydrogen-bond acceptors (Lipinski definition) is 5. The summed E-state index contributed by atoms with van der Waals surface area (Å²) in [6.07, 6.45) is 1.63. The summed E-state index contributed by atoms with van der Waals surface area (Å²) in [5.41, 5.74) is 1.24. The number of likely N-dealkylation sites (N-methyl/N-ethyl adjacent to an activating group) is 1. The Hall–Kier alpha value is -2.18. The van der Waals surface area contributed by atoms with Crippen molar-refractivity contribution in [2.45, 2.75) is 6.54 Å². The molecule has 0 saturated carbocycles. The van der Waals surface area contributed by atoms with Crippen LogP contribution in [0.3, 0.4) is 0 Å². The number of piperazine rings is 1. The first-order chi connectivity index (χ1) is 11.6. The number of halogens is 1. The summed E-state index contributed by atoms with van der Waals surface area (Å²) in [5.74, 6) is 0.376. The van der Waals surface area contributed by atoms with Crippen molar-refractivity contribution in [2.24, 2.45) is 0 Å². The van der Waals surface area contributed by atoms with Crippen LogP contribution in [0.1, 0.15) is 16.1 Å². The van der Waals surface area contributed by atoms with E-state index in [2.05, 4.69) is 32.1 Å². The molecule has 3 rings (SSSR count). The predicted octanol–water partition coefficient (Wildman–Crippen LogP) is 1.81. The van der Waals surface area contributed by atoms with Crippen molar-refractivity contribution in [3.8, 4) is 0 Å². The zero-order valence-corrected chi connectivity index (χ0v) is 14.3. The van der Waals surface area contributed by atoms with Crippen molar-refractivity contribution in [3.63, 3.8) is 0 Å². The minimum Gasteiger partial charge on any atom is -0.347 e. The highest BCUT2D eigenvalue weighted by atomic mass is 35.5. The highest BCUT2D eigenvalue weighted by molar-refractivity contribution is 6.31. The maximum Gasteiger partial charge on any atom is 0.270 e. The standard InChI is InChI=1S/C17H20ClN5O/c1-22-8-10-23(11-9-22)17-19-7-6-15(21-17)16(24)20-12-13-4-2-3-5-14(13)18/h2-7H,8-12H2,1H3,(H,20,24). The number of hydrogen-bond donors (Lipinski definition) is 1. The molecule has 1 aromatic carbocycles. The molecule has 0 aliphatic carbocycles. The van der Waals surface area contributed by atoms with Crippen LogP contribution in [0.25, 0.3) is 0 Å². The number of rotatable bonds is 4. The number of benzene rings is 1. The molecule has 2 aromatic rings. The highest BCUT2D eigenvalue weighted by Crippen LogP contribution is 2.15. The van der Waals surface area contributed by atoms with Crippen LogP contribution in [-0.4, -0.2) is 54.0 Å². The molecule has 1 saturated heterocycles. The number of nitrogens with zero attached hydrogens (tertiary/aromatic N) is 4. The van der Waals surface area contributed by atoms with Crippen LogP contribution in [0.2, 0.25) is 5.02 Å². The third-order valence-electron chi connectivity index (χ3n) is 4.06. The highest BCUT2D eigenvalue weighted by Gasteiger charge is 2.18. The summed E-state index contributed by atoms with van der Waals surface area (Å²) in [4.78, 5) is 25.4. The van der Waals surface area contributed by atoms with Crippen molar-refractivity contribution in [1.82, 2.24) is 20.2 Å². The predicted molar refractivity (Wildman–Crippen MR) is 94.4 cm³/mol. The summed E-state index contributed by atoms with van der Waals surface area (Å²) < 4.78 is 0. The van der Waals surface area contributed by atoms with Crippen LogP contribution in [0, 0.1) is 0 Å². The lowest BCUT2D eigenvalue weighted by Crippen LogP contribution is -2.45. The molecule has 0 spiro atoms. The lowest BCUT2D eigenvalue weighted by Gasteiger charge is -2.32. The summed E-state index contributed by atoms with van der Waals surface area (Å²) in [5, 5.41) is 3.49. The van der Waals surface area contributed by atoms with E-state index in [1.54, 1.807) is 18.3 Å². The second-order valence-electron chi connectivity index (χ2n) is 5.81. The third-order valence-corrected chi connectivity index (χ3v) is 4.43. The minimum atomic E-state index is -0.229. The summed E-state index contributed by atoms with van der Waals surface area (Å²) in [6.45, 7) is 4.02. The van der Waals surface area contributed by atoms with Gasteiger partial charge in [-0.05, 0) is 24.7 Å². The maximum absolute atomic E-state index is 12.3. The van der Waals surface area contributed by atoms with Gasteiger partial charge in [0.2, 0.25) is 5.95 Å². The van der Waals surface area contributed by atoms with Crippen molar-refractivity contribution in [2.75, 3.05) is 38.1 Å². The molecule has 1 fully saturated rings. The second-order valence-corrected chi connectivity index (χ2v) is 6.21. The average Bonchev–Trinajstić information content (AvgIpc) is 2.61. The van der Waals surface area contributed by atoms with Crippen LogP contribution in [0.15, 0.2) is 36.5 Å². The van der Waals surface area contributed by atoms with Crippen molar-refractivity contribution >= 4 is 23.5 Å². The van der Waals surface area contributed by atoms with Gasteiger partial charge in [0, 0.05) is 43.9 Å². The van der Waals surface area contributed by atoms with E-state index in [9.17, 15) is 4.79 Å². The Morgan fingerprint density at radius 2 is 1.96 bits per heavy atom. The van der Waals surface area contributed by atoms with Crippen LogP contribution in [0.5, 0.6) is 0 Å². The Balaban J connectivity index is 1.65. The first kappa shape index (κ1) is 16.7. The van der Waals surface area contributed by atoms with E-state index < -0.39 is 0 Å². The van der Waals surface area contributed by atoms with Gasteiger partial charge in [0.1, 0.15) is 5.69 Å². The molecule has 0 radical (unpaired) electrons. The maximum atomic E-state index is 12.3. The fourth-order valence-electron chi connectivity index (χ4n) is 2.54. The Morgan fingerprint density at radius 1 is 1.21 bits per heavy atom. The Labute approximate surface area is 146 Å². The monoisotopic (exact) mass is 345 g/mol. The molecule has 1 aliphatic rings.